The second-order valence-corrected chi connectivity index (χ2v) is 3.41. The molecule has 1 aromatic rings. The Morgan fingerprint density at radius 2 is 2.29 bits per heavy atom. The lowest BCUT2D eigenvalue weighted by atomic mass is 10.2. The first-order chi connectivity index (χ1) is 6.76. The smallest absolute Gasteiger partial charge is 0.138 e. The van der Waals surface area contributed by atoms with E-state index < -0.39 is 0 Å². The topological polar surface area (TPSA) is 48.1 Å². The molecule has 1 aromatic heterocycles. The molecule has 0 aliphatic rings. The molecule has 1 heterocycles. The Kier molecular flexibility index (Phi) is 4.40. The van der Waals surface area contributed by atoms with Gasteiger partial charge in [0.05, 0.1) is 18.0 Å². The van der Waals surface area contributed by atoms with Gasteiger partial charge in [-0.15, -0.1) is 0 Å². The van der Waals surface area contributed by atoms with Crippen molar-refractivity contribution >= 4 is 0 Å². The molecule has 3 heteroatoms. The number of nitrogens with zero attached hydrogens (tertiary/aromatic N) is 1. The van der Waals surface area contributed by atoms with Gasteiger partial charge in [-0.05, 0) is 25.5 Å². The van der Waals surface area contributed by atoms with Crippen LogP contribution in [0, 0.1) is 0 Å². The van der Waals surface area contributed by atoms with Crippen LogP contribution in [0.5, 0.6) is 5.75 Å². The van der Waals surface area contributed by atoms with Crippen LogP contribution in [0.4, 0.5) is 0 Å². The zero-order valence-corrected chi connectivity index (χ0v) is 8.86. The van der Waals surface area contributed by atoms with E-state index in [4.69, 9.17) is 10.5 Å². The summed E-state index contributed by atoms with van der Waals surface area (Å²) in [5.41, 5.74) is 6.33. The van der Waals surface area contributed by atoms with Gasteiger partial charge in [-0.1, -0.05) is 13.3 Å². The minimum atomic E-state index is 0.255. The standard InChI is InChI=1S/C11H18N2O/c1-3-4-9(2)14-11-6-5-10(7-12)13-8-11/h5-6,8-9H,3-4,7,12H2,1-2H3. The van der Waals surface area contributed by atoms with Crippen molar-refractivity contribution in [1.82, 2.24) is 4.98 Å². The highest BCUT2D eigenvalue weighted by Gasteiger charge is 2.02. The van der Waals surface area contributed by atoms with Crippen molar-refractivity contribution in [1.29, 1.82) is 0 Å². The third-order valence-corrected chi connectivity index (χ3v) is 2.04. The first-order valence-electron chi connectivity index (χ1n) is 5.08. The van der Waals surface area contributed by atoms with E-state index in [0.29, 0.717) is 6.54 Å². The van der Waals surface area contributed by atoms with Gasteiger partial charge in [0.1, 0.15) is 5.75 Å². The Morgan fingerprint density at radius 3 is 2.79 bits per heavy atom. The quantitative estimate of drug-likeness (QED) is 0.781. The molecule has 0 spiro atoms. The van der Waals surface area contributed by atoms with E-state index in [1.54, 1.807) is 6.20 Å². The maximum atomic E-state index is 5.65. The third kappa shape index (κ3) is 3.34. The molecule has 0 aliphatic carbocycles. The van der Waals surface area contributed by atoms with Crippen LogP contribution < -0.4 is 10.5 Å². The molecule has 0 aliphatic heterocycles. The van der Waals surface area contributed by atoms with Crippen molar-refractivity contribution in [3.8, 4) is 5.75 Å². The van der Waals surface area contributed by atoms with Gasteiger partial charge in [-0.25, -0.2) is 0 Å². The first-order valence-corrected chi connectivity index (χ1v) is 5.08. The van der Waals surface area contributed by atoms with Crippen LogP contribution in [-0.2, 0) is 6.54 Å². The average molecular weight is 194 g/mol. The van der Waals surface area contributed by atoms with E-state index in [-0.39, 0.29) is 6.10 Å². The van der Waals surface area contributed by atoms with E-state index >= 15 is 0 Å². The van der Waals surface area contributed by atoms with Crippen molar-refractivity contribution in [2.45, 2.75) is 39.3 Å². The van der Waals surface area contributed by atoms with Gasteiger partial charge in [0, 0.05) is 6.54 Å². The van der Waals surface area contributed by atoms with E-state index in [1.807, 2.05) is 12.1 Å². The van der Waals surface area contributed by atoms with E-state index in [1.165, 1.54) is 0 Å². The van der Waals surface area contributed by atoms with Crippen molar-refractivity contribution in [2.75, 3.05) is 0 Å². The molecule has 78 valence electrons. The molecular formula is C11H18N2O. The van der Waals surface area contributed by atoms with Gasteiger partial charge in [-0.2, -0.15) is 0 Å². The molecular weight excluding hydrogens is 176 g/mol. The second kappa shape index (κ2) is 5.60. The predicted octanol–water partition coefficient (Wildman–Crippen LogP) is 2.11. The molecule has 0 bridgehead atoms. The van der Waals surface area contributed by atoms with Gasteiger partial charge >= 0.3 is 0 Å². The second-order valence-electron chi connectivity index (χ2n) is 3.41. The van der Waals surface area contributed by atoms with Gasteiger partial charge in [0.2, 0.25) is 0 Å². The summed E-state index contributed by atoms with van der Waals surface area (Å²) in [6.45, 7) is 4.70. The monoisotopic (exact) mass is 194 g/mol. The highest BCUT2D eigenvalue weighted by atomic mass is 16.5. The van der Waals surface area contributed by atoms with Crippen LogP contribution in [0.2, 0.25) is 0 Å². The molecule has 1 unspecified atom stereocenters. The Labute approximate surface area is 85.3 Å². The number of nitrogens with two attached hydrogens (primary N) is 1. The SMILES string of the molecule is CCCC(C)Oc1ccc(CN)nc1. The van der Waals surface area contributed by atoms with Crippen molar-refractivity contribution in [3.05, 3.63) is 24.0 Å². The molecule has 1 rings (SSSR count). The zero-order valence-electron chi connectivity index (χ0n) is 8.86. The fraction of sp³-hybridized carbons (Fsp3) is 0.545. The summed E-state index contributed by atoms with van der Waals surface area (Å²) in [6.07, 6.45) is 4.19. The van der Waals surface area contributed by atoms with E-state index in [2.05, 4.69) is 18.8 Å². The van der Waals surface area contributed by atoms with Gasteiger partial charge < -0.3 is 10.5 Å². The van der Waals surface area contributed by atoms with Crippen LogP contribution in [-0.4, -0.2) is 11.1 Å². The Hall–Kier alpha value is -1.09. The maximum absolute atomic E-state index is 5.65. The molecule has 0 amide bonds. The number of rotatable bonds is 5. The molecule has 0 saturated carbocycles. The summed E-state index contributed by atoms with van der Waals surface area (Å²) >= 11 is 0. The highest BCUT2D eigenvalue weighted by molar-refractivity contribution is 5.19. The number of ether oxygens (including phenoxy) is 1. The lowest BCUT2D eigenvalue weighted by Crippen LogP contribution is -2.11. The Morgan fingerprint density at radius 1 is 1.50 bits per heavy atom. The summed E-state index contributed by atoms with van der Waals surface area (Å²) in [5.74, 6) is 0.822. The summed E-state index contributed by atoms with van der Waals surface area (Å²) in [6, 6.07) is 3.81. The number of hydrogen-bond donors (Lipinski definition) is 1. The lowest BCUT2D eigenvalue weighted by molar-refractivity contribution is 0.209. The van der Waals surface area contributed by atoms with Crippen LogP contribution in [0.3, 0.4) is 0 Å². The van der Waals surface area contributed by atoms with Crippen LogP contribution in [0.15, 0.2) is 18.3 Å². The largest absolute Gasteiger partial charge is 0.489 e. The minimum Gasteiger partial charge on any atom is -0.489 e. The van der Waals surface area contributed by atoms with Crippen molar-refractivity contribution in [3.63, 3.8) is 0 Å². The fourth-order valence-corrected chi connectivity index (χ4v) is 1.30. The summed E-state index contributed by atoms with van der Waals surface area (Å²) in [7, 11) is 0. The van der Waals surface area contributed by atoms with Crippen LogP contribution >= 0.6 is 0 Å². The Balaban J connectivity index is 2.50. The predicted molar refractivity (Wildman–Crippen MR) is 57.1 cm³/mol. The molecule has 3 nitrogen and oxygen atoms in total. The summed E-state index contributed by atoms with van der Waals surface area (Å²) in [4.78, 5) is 4.16. The molecule has 0 saturated heterocycles. The number of pyridine rings is 1. The first kappa shape index (κ1) is 11.0. The molecule has 0 fully saturated rings. The molecule has 14 heavy (non-hydrogen) atoms. The summed E-state index contributed by atoms with van der Waals surface area (Å²) < 4.78 is 5.65. The Bertz CT molecular complexity index is 258. The van der Waals surface area contributed by atoms with Gasteiger partial charge in [0.15, 0.2) is 0 Å². The average Bonchev–Trinajstić information content (AvgIpc) is 2.19. The molecule has 1 atom stereocenters. The van der Waals surface area contributed by atoms with Crippen LogP contribution in [0.1, 0.15) is 32.4 Å². The van der Waals surface area contributed by atoms with Gasteiger partial charge in [-0.3, -0.25) is 4.98 Å². The third-order valence-electron chi connectivity index (χ3n) is 2.04. The minimum absolute atomic E-state index is 0.255. The molecule has 0 radical (unpaired) electrons. The van der Waals surface area contributed by atoms with E-state index in [9.17, 15) is 0 Å². The fourth-order valence-electron chi connectivity index (χ4n) is 1.30. The molecule has 2 N–H and O–H groups in total. The van der Waals surface area contributed by atoms with Crippen molar-refractivity contribution < 1.29 is 4.74 Å². The maximum Gasteiger partial charge on any atom is 0.138 e. The molecule has 0 aromatic carbocycles. The van der Waals surface area contributed by atoms with E-state index in [0.717, 1.165) is 24.3 Å². The zero-order chi connectivity index (χ0) is 10.4. The van der Waals surface area contributed by atoms with Crippen molar-refractivity contribution in [2.24, 2.45) is 5.73 Å². The lowest BCUT2D eigenvalue weighted by Gasteiger charge is -2.13. The summed E-state index contributed by atoms with van der Waals surface area (Å²) in [5, 5.41) is 0. The number of aromatic nitrogens is 1. The van der Waals surface area contributed by atoms with Gasteiger partial charge in [0.25, 0.3) is 0 Å². The highest BCUT2D eigenvalue weighted by Crippen LogP contribution is 2.12. The number of hydrogen-bond acceptors (Lipinski definition) is 3. The van der Waals surface area contributed by atoms with Crippen LogP contribution in [0.25, 0.3) is 0 Å². The normalized spacial score (nSPS) is 12.5.